The minimum Gasteiger partial charge on any atom is -0.467 e. The summed E-state index contributed by atoms with van der Waals surface area (Å²) in [4.78, 5) is 40.0. The van der Waals surface area contributed by atoms with Gasteiger partial charge in [0.25, 0.3) is 11.8 Å². The van der Waals surface area contributed by atoms with Gasteiger partial charge in [0.2, 0.25) is 0 Å². The Morgan fingerprint density at radius 2 is 1.97 bits per heavy atom. The molecule has 3 heterocycles. The van der Waals surface area contributed by atoms with Gasteiger partial charge in [-0.2, -0.15) is 0 Å². The molecule has 0 fully saturated rings. The number of nitrogens with zero attached hydrogens (tertiary/aromatic N) is 1. The van der Waals surface area contributed by atoms with E-state index in [1.807, 2.05) is 0 Å². The number of carbonyl (C=O) groups excluding carboxylic acids is 3. The summed E-state index contributed by atoms with van der Waals surface area (Å²) in [7, 11) is 1.61. The molecule has 1 aliphatic rings. The minimum atomic E-state index is -0.621. The van der Waals surface area contributed by atoms with Crippen LogP contribution >= 0.6 is 11.3 Å². The second-order valence-corrected chi connectivity index (χ2v) is 8.00. The zero-order valence-electron chi connectivity index (χ0n) is 16.3. The van der Waals surface area contributed by atoms with Crippen LogP contribution < -0.4 is 5.32 Å². The summed E-state index contributed by atoms with van der Waals surface area (Å²) >= 11 is 1.36. The summed E-state index contributed by atoms with van der Waals surface area (Å²) in [5.41, 5.74) is 1.21. The molecule has 0 atom stereocenters. The van der Waals surface area contributed by atoms with Gasteiger partial charge in [0.1, 0.15) is 10.8 Å². The zero-order chi connectivity index (χ0) is 21.1. The third kappa shape index (κ3) is 4.16. The Balaban J connectivity index is 1.44. The molecule has 0 aromatic carbocycles. The maximum absolute atomic E-state index is 12.8. The molecular formula is C21H20N2O6S. The molecule has 1 aliphatic carbocycles. The second-order valence-electron chi connectivity index (χ2n) is 6.90. The maximum atomic E-state index is 12.8. The van der Waals surface area contributed by atoms with Gasteiger partial charge in [-0.25, -0.2) is 4.79 Å². The van der Waals surface area contributed by atoms with Crippen LogP contribution in [-0.2, 0) is 28.9 Å². The number of esters is 1. The Morgan fingerprint density at radius 1 is 1.17 bits per heavy atom. The molecule has 0 saturated heterocycles. The minimum absolute atomic E-state index is 0.151. The average Bonchev–Trinajstić information content (AvgIpc) is 3.50. The highest BCUT2D eigenvalue weighted by atomic mass is 32.1. The van der Waals surface area contributed by atoms with Gasteiger partial charge in [-0.05, 0) is 49.1 Å². The molecule has 4 rings (SSSR count). The van der Waals surface area contributed by atoms with Crippen LogP contribution in [0.1, 0.15) is 43.5 Å². The van der Waals surface area contributed by atoms with Crippen LogP contribution in [0.5, 0.6) is 0 Å². The van der Waals surface area contributed by atoms with Crippen molar-refractivity contribution < 1.29 is 28.0 Å². The van der Waals surface area contributed by atoms with E-state index in [1.54, 1.807) is 31.3 Å². The Kier molecular flexibility index (Phi) is 5.71. The fourth-order valence-corrected chi connectivity index (χ4v) is 4.59. The highest BCUT2D eigenvalue weighted by Gasteiger charge is 2.29. The van der Waals surface area contributed by atoms with Gasteiger partial charge in [0.05, 0.1) is 24.6 Å². The lowest BCUT2D eigenvalue weighted by molar-refractivity contribution is -0.133. The molecule has 0 bridgehead atoms. The van der Waals surface area contributed by atoms with Gasteiger partial charge >= 0.3 is 5.97 Å². The van der Waals surface area contributed by atoms with Crippen molar-refractivity contribution in [1.82, 2.24) is 4.90 Å². The Bertz CT molecular complexity index is 1050. The highest BCUT2D eigenvalue weighted by Crippen LogP contribution is 2.39. The first-order valence-electron chi connectivity index (χ1n) is 9.46. The first kappa shape index (κ1) is 20.0. The van der Waals surface area contributed by atoms with Gasteiger partial charge < -0.3 is 23.8 Å². The third-order valence-electron chi connectivity index (χ3n) is 4.82. The van der Waals surface area contributed by atoms with Crippen molar-refractivity contribution in [3.05, 3.63) is 64.3 Å². The van der Waals surface area contributed by atoms with Gasteiger partial charge in [-0.1, -0.05) is 0 Å². The van der Waals surface area contributed by atoms with Crippen LogP contribution in [0.2, 0.25) is 0 Å². The van der Waals surface area contributed by atoms with Gasteiger partial charge in [-0.15, -0.1) is 11.3 Å². The molecule has 0 radical (unpaired) electrons. The van der Waals surface area contributed by atoms with Crippen LogP contribution in [0.25, 0.3) is 0 Å². The van der Waals surface area contributed by atoms with Crippen LogP contribution in [0.4, 0.5) is 5.00 Å². The standard InChI is InChI=1S/C21H20N2O6S/c1-23(11-13-5-3-9-27-13)17(24)12-29-21(26)18-14-6-2-8-16(14)30-20(18)22-19(25)15-7-4-10-28-15/h3-5,7,9-10H,2,6,8,11-12H2,1H3,(H,22,25). The predicted octanol–water partition coefficient (Wildman–Crippen LogP) is 3.49. The number of amides is 2. The largest absolute Gasteiger partial charge is 0.467 e. The van der Waals surface area contributed by atoms with Gasteiger partial charge in [0, 0.05) is 11.9 Å². The van der Waals surface area contributed by atoms with E-state index in [9.17, 15) is 14.4 Å². The summed E-state index contributed by atoms with van der Waals surface area (Å²) in [5, 5.41) is 3.16. The van der Waals surface area contributed by atoms with E-state index >= 15 is 0 Å². The van der Waals surface area contributed by atoms with E-state index in [0.717, 1.165) is 29.7 Å². The number of likely N-dealkylation sites (N-methyl/N-ethyl adjacent to an activating group) is 1. The molecule has 2 amide bonds. The SMILES string of the molecule is CN(Cc1ccco1)C(=O)COC(=O)c1c(NC(=O)c2ccco2)sc2c1CCC2. The predicted molar refractivity (Wildman–Crippen MR) is 108 cm³/mol. The summed E-state index contributed by atoms with van der Waals surface area (Å²) in [6.07, 6.45) is 5.46. The van der Waals surface area contributed by atoms with Gasteiger partial charge in [0.15, 0.2) is 12.4 Å². The topological polar surface area (TPSA) is 102 Å². The summed E-state index contributed by atoms with van der Waals surface area (Å²) < 4.78 is 15.6. The lowest BCUT2D eigenvalue weighted by atomic mass is 10.1. The number of carbonyl (C=O) groups is 3. The summed E-state index contributed by atoms with van der Waals surface area (Å²) in [5.74, 6) is -0.631. The van der Waals surface area contributed by atoms with E-state index in [2.05, 4.69) is 5.32 Å². The second kappa shape index (κ2) is 8.58. The molecule has 3 aromatic rings. The quantitative estimate of drug-likeness (QED) is 0.578. The summed E-state index contributed by atoms with van der Waals surface area (Å²) in [6, 6.07) is 6.66. The van der Waals surface area contributed by atoms with E-state index in [0.29, 0.717) is 16.3 Å². The number of rotatable bonds is 7. The molecular weight excluding hydrogens is 408 g/mol. The molecule has 1 N–H and O–H groups in total. The number of ether oxygens (including phenoxy) is 1. The molecule has 30 heavy (non-hydrogen) atoms. The fourth-order valence-electron chi connectivity index (χ4n) is 3.31. The van der Waals surface area contributed by atoms with Crippen molar-refractivity contribution in [3.8, 4) is 0 Å². The molecule has 3 aromatic heterocycles. The Labute approximate surface area is 176 Å². The number of furan rings is 2. The molecule has 156 valence electrons. The van der Waals surface area contributed by atoms with Gasteiger partial charge in [-0.3, -0.25) is 9.59 Å². The number of hydrogen-bond donors (Lipinski definition) is 1. The fraction of sp³-hybridized carbons (Fsp3) is 0.286. The number of aryl methyl sites for hydroxylation is 1. The van der Waals surface area contributed by atoms with Crippen LogP contribution in [0, 0.1) is 0 Å². The van der Waals surface area contributed by atoms with Crippen LogP contribution in [0.15, 0.2) is 45.6 Å². The smallest absolute Gasteiger partial charge is 0.341 e. The number of fused-ring (bicyclic) bond motifs is 1. The van der Waals surface area contributed by atoms with Crippen molar-refractivity contribution in [2.75, 3.05) is 19.0 Å². The van der Waals surface area contributed by atoms with Crippen molar-refractivity contribution in [1.29, 1.82) is 0 Å². The Morgan fingerprint density at radius 3 is 2.70 bits per heavy atom. The molecule has 0 spiro atoms. The summed E-state index contributed by atoms with van der Waals surface area (Å²) in [6.45, 7) is -0.117. The van der Waals surface area contributed by atoms with Crippen molar-refractivity contribution >= 4 is 34.1 Å². The molecule has 8 nitrogen and oxygen atoms in total. The van der Waals surface area contributed by atoms with Crippen LogP contribution in [0.3, 0.4) is 0 Å². The molecule has 0 aliphatic heterocycles. The lowest BCUT2D eigenvalue weighted by Crippen LogP contribution is -2.30. The molecule has 0 unspecified atom stereocenters. The normalized spacial score (nSPS) is 12.4. The number of nitrogens with one attached hydrogen (secondary N) is 1. The van der Waals surface area contributed by atoms with E-state index in [4.69, 9.17) is 13.6 Å². The highest BCUT2D eigenvalue weighted by molar-refractivity contribution is 7.17. The van der Waals surface area contributed by atoms with Crippen molar-refractivity contribution in [2.24, 2.45) is 0 Å². The first-order chi connectivity index (χ1) is 14.5. The zero-order valence-corrected chi connectivity index (χ0v) is 17.1. The van der Waals surface area contributed by atoms with Crippen LogP contribution in [-0.4, -0.2) is 36.3 Å². The Hall–Kier alpha value is -3.33. The maximum Gasteiger partial charge on any atom is 0.341 e. The monoisotopic (exact) mass is 428 g/mol. The van der Waals surface area contributed by atoms with E-state index < -0.39 is 18.5 Å². The average molecular weight is 428 g/mol. The van der Waals surface area contributed by atoms with Crippen molar-refractivity contribution in [2.45, 2.75) is 25.8 Å². The number of thiophene rings is 1. The number of anilines is 1. The first-order valence-corrected chi connectivity index (χ1v) is 10.3. The number of hydrogen-bond acceptors (Lipinski definition) is 7. The lowest BCUT2D eigenvalue weighted by Gasteiger charge is -2.16. The molecule has 9 heteroatoms. The van der Waals surface area contributed by atoms with Crippen molar-refractivity contribution in [3.63, 3.8) is 0 Å². The van der Waals surface area contributed by atoms with E-state index in [1.165, 1.54) is 28.8 Å². The van der Waals surface area contributed by atoms with E-state index in [-0.39, 0.29) is 18.2 Å². The third-order valence-corrected chi connectivity index (χ3v) is 6.03. The molecule has 0 saturated carbocycles.